The zero-order valence-electron chi connectivity index (χ0n) is 27.8. The van der Waals surface area contributed by atoms with Gasteiger partial charge in [0.05, 0.1) is 11.1 Å². The van der Waals surface area contributed by atoms with Crippen molar-refractivity contribution in [3.63, 3.8) is 0 Å². The number of hydrogen-bond donors (Lipinski definition) is 3. The molecule has 47 heavy (non-hydrogen) atoms. The number of aromatic nitrogens is 1. The second-order valence-corrected chi connectivity index (χ2v) is 14.8. The molecule has 11 heteroatoms. The number of carbonyl (C=O) groups excluding carboxylic acids is 2. The first kappa shape index (κ1) is 33.7. The molecule has 3 heterocycles. The maximum Gasteiger partial charge on any atom is 0.387 e. The Hall–Kier alpha value is -3.15. The van der Waals surface area contributed by atoms with Crippen LogP contribution >= 0.6 is 12.8 Å². The first-order valence-electron chi connectivity index (χ1n) is 16.9. The molecule has 2 aliphatic heterocycles. The number of amides is 2. The zero-order chi connectivity index (χ0) is 33.6. The molecule has 3 fully saturated rings. The van der Waals surface area contributed by atoms with Crippen molar-refractivity contribution >= 4 is 35.5 Å². The summed E-state index contributed by atoms with van der Waals surface area (Å²) in [6, 6.07) is 11.2. The van der Waals surface area contributed by atoms with Crippen LogP contribution in [0.5, 0.6) is 5.75 Å². The standard InChI is InChI=1S/C34H40F2N4O3.C2H7NS/c1-19-8-10-22(17-38-2)40(19)32(42)34-16-27(34)26-15-23(43-33(35)36)11-13-24(26)30-29(20-6-4-3-5-7-20)25-12-9-21(31(37)41)14-28(25)39(30)18-34;1-3(2)4/h9,11-15,19-20,22,27,33,38H,3-8,10,16-18H2,1-2H3,(H2,37,41);4H,1-2H3. The number of nitrogens with two attached hydrogens (primary N) is 1. The average Bonchev–Trinajstić information content (AvgIpc) is 3.56. The van der Waals surface area contributed by atoms with E-state index in [1.807, 2.05) is 39.3 Å². The highest BCUT2D eigenvalue weighted by molar-refractivity contribution is 7.77. The highest BCUT2D eigenvalue weighted by Gasteiger charge is 2.65. The van der Waals surface area contributed by atoms with Crippen LogP contribution < -0.4 is 15.8 Å². The van der Waals surface area contributed by atoms with Gasteiger partial charge < -0.3 is 25.3 Å². The van der Waals surface area contributed by atoms with Crippen molar-refractivity contribution in [2.45, 2.75) is 95.4 Å². The van der Waals surface area contributed by atoms with E-state index in [-0.39, 0.29) is 29.7 Å². The van der Waals surface area contributed by atoms with Crippen molar-refractivity contribution in [3.05, 3.63) is 53.1 Å². The highest BCUT2D eigenvalue weighted by Crippen LogP contribution is 2.66. The smallest absolute Gasteiger partial charge is 0.387 e. The number of thiol groups is 1. The molecule has 7 rings (SSSR count). The summed E-state index contributed by atoms with van der Waals surface area (Å²) < 4.78 is 35.6. The van der Waals surface area contributed by atoms with Crippen LogP contribution in [-0.2, 0) is 11.3 Å². The van der Waals surface area contributed by atoms with E-state index >= 15 is 0 Å². The van der Waals surface area contributed by atoms with E-state index < -0.39 is 17.9 Å². The summed E-state index contributed by atoms with van der Waals surface area (Å²) in [5.41, 5.74) is 10.5. The summed E-state index contributed by atoms with van der Waals surface area (Å²) in [6.07, 6.45) is 8.18. The Morgan fingerprint density at radius 3 is 2.49 bits per heavy atom. The largest absolute Gasteiger partial charge is 0.435 e. The van der Waals surface area contributed by atoms with Gasteiger partial charge in [0, 0.05) is 53.1 Å². The number of hydrogen-bond acceptors (Lipinski definition) is 6. The van der Waals surface area contributed by atoms with Crippen molar-refractivity contribution < 1.29 is 23.1 Å². The molecule has 4 aliphatic rings. The minimum Gasteiger partial charge on any atom is -0.435 e. The predicted molar refractivity (Wildman–Crippen MR) is 184 cm³/mol. The molecule has 0 bridgehead atoms. The normalized spacial score (nSPS) is 25.1. The van der Waals surface area contributed by atoms with Crippen LogP contribution in [-0.4, -0.2) is 72.0 Å². The average molecular weight is 668 g/mol. The quantitative estimate of drug-likeness (QED) is 0.249. The van der Waals surface area contributed by atoms with Crippen LogP contribution in [0.3, 0.4) is 0 Å². The molecule has 0 radical (unpaired) electrons. The van der Waals surface area contributed by atoms with Gasteiger partial charge in [-0.05, 0) is 108 Å². The van der Waals surface area contributed by atoms with E-state index in [4.69, 9.17) is 10.5 Å². The van der Waals surface area contributed by atoms with Gasteiger partial charge in [0.2, 0.25) is 11.8 Å². The summed E-state index contributed by atoms with van der Waals surface area (Å²) in [4.78, 5) is 29.2. The van der Waals surface area contributed by atoms with Crippen molar-refractivity contribution in [2.24, 2.45) is 11.1 Å². The number of fused-ring (bicyclic) bond motifs is 7. The Labute approximate surface area is 281 Å². The molecule has 2 aliphatic carbocycles. The maximum absolute atomic E-state index is 14.8. The lowest BCUT2D eigenvalue weighted by Gasteiger charge is -2.33. The number of alkyl halides is 2. The summed E-state index contributed by atoms with van der Waals surface area (Å²) in [5.74, 6) is -0.0298. The number of likely N-dealkylation sites (N-methyl/N-ethyl adjacent to an activating group) is 1. The van der Waals surface area contributed by atoms with Gasteiger partial charge in [-0.2, -0.15) is 8.78 Å². The van der Waals surface area contributed by atoms with Crippen molar-refractivity contribution in [2.75, 3.05) is 27.7 Å². The SMILES string of the molecule is CN(C)S.CNCC1CCC(C)N1C(=O)C12CC1c1cc(OC(F)F)ccc1-c1c(C3CCCCC3)c3ccc(C(N)=O)cc3n1C2. The Balaban J connectivity index is 0.000000915. The van der Waals surface area contributed by atoms with Gasteiger partial charge in [0.25, 0.3) is 0 Å². The Morgan fingerprint density at radius 2 is 1.83 bits per heavy atom. The summed E-state index contributed by atoms with van der Waals surface area (Å²) in [6.45, 7) is 0.383. The van der Waals surface area contributed by atoms with Gasteiger partial charge in [-0.15, -0.1) is 0 Å². The number of carbonyl (C=O) groups is 2. The minimum absolute atomic E-state index is 0.111. The highest BCUT2D eigenvalue weighted by atomic mass is 32.1. The van der Waals surface area contributed by atoms with Crippen LogP contribution in [0.25, 0.3) is 22.2 Å². The van der Waals surface area contributed by atoms with Crippen LogP contribution in [0.2, 0.25) is 0 Å². The lowest BCUT2D eigenvalue weighted by molar-refractivity contribution is -0.140. The maximum atomic E-state index is 14.8. The van der Waals surface area contributed by atoms with Gasteiger partial charge >= 0.3 is 6.61 Å². The number of halogens is 2. The number of primary amides is 1. The zero-order valence-corrected chi connectivity index (χ0v) is 28.7. The first-order chi connectivity index (χ1) is 22.5. The molecule has 0 spiro atoms. The molecular formula is C36H47F2N5O3S. The topological polar surface area (TPSA) is 92.8 Å². The number of benzene rings is 2. The fourth-order valence-corrected chi connectivity index (χ4v) is 8.61. The lowest BCUT2D eigenvalue weighted by atomic mass is 9.81. The number of likely N-dealkylation sites (tertiary alicyclic amines) is 1. The number of nitrogens with zero attached hydrogens (tertiary/aromatic N) is 3. The second kappa shape index (κ2) is 13.4. The van der Waals surface area contributed by atoms with E-state index in [0.29, 0.717) is 24.4 Å². The lowest BCUT2D eigenvalue weighted by Crippen LogP contribution is -2.48. The third-order valence-electron chi connectivity index (χ3n) is 10.7. The van der Waals surface area contributed by atoms with E-state index in [0.717, 1.165) is 72.8 Å². The number of nitrogens with one attached hydrogen (secondary N) is 1. The summed E-state index contributed by atoms with van der Waals surface area (Å²) in [5, 5.41) is 4.34. The van der Waals surface area contributed by atoms with Crippen LogP contribution in [0.1, 0.15) is 91.6 Å². The van der Waals surface area contributed by atoms with E-state index in [1.54, 1.807) is 22.5 Å². The Morgan fingerprint density at radius 1 is 1.11 bits per heavy atom. The molecular weight excluding hydrogens is 620 g/mol. The van der Waals surface area contributed by atoms with E-state index in [1.165, 1.54) is 12.0 Å². The van der Waals surface area contributed by atoms with Gasteiger partial charge in [-0.3, -0.25) is 13.9 Å². The molecule has 1 aromatic heterocycles. The minimum atomic E-state index is -2.93. The van der Waals surface area contributed by atoms with E-state index in [9.17, 15) is 18.4 Å². The molecule has 3 aromatic rings. The van der Waals surface area contributed by atoms with E-state index in [2.05, 4.69) is 34.5 Å². The molecule has 1 saturated heterocycles. The Bertz CT molecular complexity index is 1650. The van der Waals surface area contributed by atoms with Crippen molar-refractivity contribution in [1.29, 1.82) is 0 Å². The Kier molecular flexibility index (Phi) is 9.62. The van der Waals surface area contributed by atoms with Gasteiger partial charge in [-0.1, -0.05) is 38.1 Å². The van der Waals surface area contributed by atoms with Crippen molar-refractivity contribution in [1.82, 2.24) is 19.1 Å². The first-order valence-corrected chi connectivity index (χ1v) is 17.3. The van der Waals surface area contributed by atoms with Gasteiger partial charge in [-0.25, -0.2) is 0 Å². The predicted octanol–water partition coefficient (Wildman–Crippen LogP) is 6.54. The number of rotatable bonds is 7. The molecule has 4 atom stereocenters. The van der Waals surface area contributed by atoms with Crippen LogP contribution in [0.15, 0.2) is 36.4 Å². The fraction of sp³-hybridized carbons (Fsp3) is 0.556. The van der Waals surface area contributed by atoms with Gasteiger partial charge in [0.1, 0.15) is 5.75 Å². The third-order valence-corrected chi connectivity index (χ3v) is 10.7. The number of ether oxygens (including phenoxy) is 1. The third kappa shape index (κ3) is 6.26. The van der Waals surface area contributed by atoms with Crippen LogP contribution in [0, 0.1) is 5.41 Å². The molecule has 2 aromatic carbocycles. The monoisotopic (exact) mass is 667 g/mol. The summed E-state index contributed by atoms with van der Waals surface area (Å²) in [7, 11) is 5.64. The second-order valence-electron chi connectivity index (χ2n) is 14.0. The summed E-state index contributed by atoms with van der Waals surface area (Å²) >= 11 is 3.80. The molecule has 3 N–H and O–H groups in total. The molecule has 2 amide bonds. The van der Waals surface area contributed by atoms with Crippen molar-refractivity contribution in [3.8, 4) is 17.0 Å². The van der Waals surface area contributed by atoms with Gasteiger partial charge in [0.15, 0.2) is 0 Å². The molecule has 254 valence electrons. The van der Waals surface area contributed by atoms with Crippen LogP contribution in [0.4, 0.5) is 8.78 Å². The molecule has 4 unspecified atom stereocenters. The molecule has 8 nitrogen and oxygen atoms in total. The molecule has 2 saturated carbocycles. The fourth-order valence-electron chi connectivity index (χ4n) is 8.61.